The number of alkyl halides is 5. The SMILES string of the molecule is CS(=N)(=O)c1cc(NC(=O)c2cc3cc(Cl)c(C(F)(F)F)cc3nc2N2CCCC(F)(F)CC2)ccn1. The van der Waals surface area contributed by atoms with Gasteiger partial charge in [0, 0.05) is 49.5 Å². The number of aromatic nitrogens is 2. The summed E-state index contributed by atoms with van der Waals surface area (Å²) in [5, 5.41) is 2.08. The topological polar surface area (TPSA) is 99.0 Å². The Labute approximate surface area is 214 Å². The normalized spacial score (nSPS) is 17.8. The molecule has 14 heteroatoms. The summed E-state index contributed by atoms with van der Waals surface area (Å²) in [6.07, 6.45) is -3.11. The van der Waals surface area contributed by atoms with Gasteiger partial charge in [-0.05, 0) is 36.8 Å². The van der Waals surface area contributed by atoms with Gasteiger partial charge in [-0.2, -0.15) is 13.2 Å². The van der Waals surface area contributed by atoms with E-state index in [2.05, 4.69) is 15.3 Å². The van der Waals surface area contributed by atoms with E-state index >= 15 is 0 Å². The van der Waals surface area contributed by atoms with E-state index in [4.69, 9.17) is 16.4 Å². The van der Waals surface area contributed by atoms with Gasteiger partial charge in [-0.25, -0.2) is 27.7 Å². The Morgan fingerprint density at radius 1 is 1.19 bits per heavy atom. The lowest BCUT2D eigenvalue weighted by Gasteiger charge is -2.25. The van der Waals surface area contributed by atoms with Crippen molar-refractivity contribution in [3.8, 4) is 0 Å². The average Bonchev–Trinajstić information content (AvgIpc) is 2.97. The van der Waals surface area contributed by atoms with E-state index in [9.17, 15) is 31.0 Å². The van der Waals surface area contributed by atoms with Crippen LogP contribution in [0.1, 0.15) is 35.2 Å². The molecule has 1 aromatic carbocycles. The third-order valence-electron chi connectivity index (χ3n) is 5.84. The van der Waals surface area contributed by atoms with Crippen molar-refractivity contribution in [3.05, 3.63) is 52.7 Å². The van der Waals surface area contributed by atoms with Gasteiger partial charge in [0.2, 0.25) is 5.92 Å². The molecule has 198 valence electrons. The van der Waals surface area contributed by atoms with Gasteiger partial charge in [0.1, 0.15) is 10.8 Å². The molecule has 3 aromatic rings. The summed E-state index contributed by atoms with van der Waals surface area (Å²) in [7, 11) is -3.18. The first-order valence-electron chi connectivity index (χ1n) is 11.0. The summed E-state index contributed by atoms with van der Waals surface area (Å²) < 4.78 is 88.0. The number of hydrogen-bond donors (Lipinski definition) is 2. The fourth-order valence-electron chi connectivity index (χ4n) is 3.98. The van der Waals surface area contributed by atoms with Crippen LogP contribution >= 0.6 is 11.6 Å². The second kappa shape index (κ2) is 9.67. The van der Waals surface area contributed by atoms with Crippen LogP contribution in [0.25, 0.3) is 10.9 Å². The number of hydrogen-bond acceptors (Lipinski definition) is 6. The minimum absolute atomic E-state index is 0.0489. The summed E-state index contributed by atoms with van der Waals surface area (Å²) in [5.41, 5.74) is -1.13. The first-order chi connectivity index (χ1) is 17.1. The van der Waals surface area contributed by atoms with Gasteiger partial charge in [0.05, 0.1) is 31.4 Å². The summed E-state index contributed by atoms with van der Waals surface area (Å²) in [5.74, 6) is -3.70. The third kappa shape index (κ3) is 6.09. The highest BCUT2D eigenvalue weighted by Crippen LogP contribution is 2.38. The molecule has 0 radical (unpaired) electrons. The second-order valence-corrected chi connectivity index (χ2v) is 11.3. The van der Waals surface area contributed by atoms with Gasteiger partial charge < -0.3 is 10.2 Å². The average molecular weight is 562 g/mol. The zero-order valence-corrected chi connectivity index (χ0v) is 20.9. The van der Waals surface area contributed by atoms with E-state index in [1.54, 1.807) is 0 Å². The fraction of sp³-hybridized carbons (Fsp3) is 0.348. The highest BCUT2D eigenvalue weighted by molar-refractivity contribution is 7.91. The molecular weight excluding hydrogens is 541 g/mol. The van der Waals surface area contributed by atoms with E-state index < -0.39 is 44.7 Å². The predicted octanol–water partition coefficient (Wildman–Crippen LogP) is 6.22. The molecule has 2 N–H and O–H groups in total. The number of anilines is 2. The van der Waals surface area contributed by atoms with Crippen molar-refractivity contribution < 1.29 is 31.0 Å². The van der Waals surface area contributed by atoms with Crippen molar-refractivity contribution >= 4 is 49.6 Å². The smallest absolute Gasteiger partial charge is 0.356 e. The molecule has 0 spiro atoms. The van der Waals surface area contributed by atoms with Crippen LogP contribution < -0.4 is 10.2 Å². The fourth-order valence-corrected chi connectivity index (χ4v) is 4.88. The first-order valence-corrected chi connectivity index (χ1v) is 13.3. The molecule has 4 rings (SSSR count). The molecule has 7 nitrogen and oxygen atoms in total. The molecule has 0 bridgehead atoms. The van der Waals surface area contributed by atoms with Crippen molar-refractivity contribution in [1.82, 2.24) is 9.97 Å². The summed E-state index contributed by atoms with van der Waals surface area (Å²) >= 11 is 5.86. The Kier molecular flexibility index (Phi) is 7.06. The highest BCUT2D eigenvalue weighted by Gasteiger charge is 2.35. The van der Waals surface area contributed by atoms with E-state index in [1.807, 2.05) is 0 Å². The van der Waals surface area contributed by atoms with Crippen LogP contribution in [0.15, 0.2) is 41.6 Å². The molecular formula is C23H21ClF5N5O2S. The molecule has 37 heavy (non-hydrogen) atoms. The predicted molar refractivity (Wildman–Crippen MR) is 130 cm³/mol. The molecule has 2 aromatic heterocycles. The van der Waals surface area contributed by atoms with E-state index in [0.717, 1.165) is 12.1 Å². The largest absolute Gasteiger partial charge is 0.417 e. The number of rotatable bonds is 4. The number of benzene rings is 1. The van der Waals surface area contributed by atoms with Gasteiger partial charge >= 0.3 is 6.18 Å². The van der Waals surface area contributed by atoms with Crippen molar-refractivity contribution in [3.63, 3.8) is 0 Å². The zero-order valence-electron chi connectivity index (χ0n) is 19.3. The van der Waals surface area contributed by atoms with Crippen LogP contribution in [0.4, 0.5) is 33.5 Å². The molecule has 1 unspecified atom stereocenters. The maximum Gasteiger partial charge on any atom is 0.417 e. The van der Waals surface area contributed by atoms with E-state index in [-0.39, 0.29) is 58.9 Å². The van der Waals surface area contributed by atoms with Gasteiger partial charge in [-0.15, -0.1) is 0 Å². The zero-order chi connectivity index (χ0) is 27.2. The molecule has 1 fully saturated rings. The standard InChI is InChI=1S/C23H21ClF5N5O2S/c1-37(30,36)19-11-14(3-6-31-19)32-21(35)15-9-13-10-17(24)16(23(27,28)29)12-18(13)33-20(15)34-7-2-4-22(25,26)5-8-34/h3,6,9-12,30H,2,4-5,7-8H2,1H3,(H,31,32,35). The van der Waals surface area contributed by atoms with Crippen LogP contribution in [0.2, 0.25) is 5.02 Å². The number of fused-ring (bicyclic) bond motifs is 1. The monoisotopic (exact) mass is 561 g/mol. The van der Waals surface area contributed by atoms with Crippen LogP contribution in [0, 0.1) is 4.78 Å². The third-order valence-corrected chi connectivity index (χ3v) is 7.18. The van der Waals surface area contributed by atoms with Gasteiger partial charge in [-0.1, -0.05) is 11.6 Å². The van der Waals surface area contributed by atoms with Crippen molar-refractivity contribution in [2.45, 2.75) is 36.4 Å². The lowest BCUT2D eigenvalue weighted by Crippen LogP contribution is -2.29. The lowest BCUT2D eigenvalue weighted by atomic mass is 10.1. The molecule has 1 atom stereocenters. The number of carbonyl (C=O) groups is 1. The van der Waals surface area contributed by atoms with E-state index in [1.165, 1.54) is 35.6 Å². The summed E-state index contributed by atoms with van der Waals surface area (Å²) in [6.45, 7) is -0.0497. The number of carbonyl (C=O) groups excluding carboxylic acids is 1. The Balaban J connectivity index is 1.82. The Bertz CT molecular complexity index is 1480. The summed E-state index contributed by atoms with van der Waals surface area (Å²) in [6, 6.07) is 5.77. The van der Waals surface area contributed by atoms with Crippen LogP contribution in [-0.2, 0) is 15.9 Å². The molecule has 1 amide bonds. The number of amides is 1. The van der Waals surface area contributed by atoms with Crippen LogP contribution in [0.5, 0.6) is 0 Å². The minimum Gasteiger partial charge on any atom is -0.356 e. The lowest BCUT2D eigenvalue weighted by molar-refractivity contribution is -0.137. The molecule has 1 aliphatic heterocycles. The van der Waals surface area contributed by atoms with Crippen LogP contribution in [0.3, 0.4) is 0 Å². The van der Waals surface area contributed by atoms with Crippen molar-refractivity contribution in [1.29, 1.82) is 4.78 Å². The van der Waals surface area contributed by atoms with Crippen molar-refractivity contribution in [2.24, 2.45) is 0 Å². The minimum atomic E-state index is -4.75. The van der Waals surface area contributed by atoms with Gasteiger partial charge in [0.25, 0.3) is 5.91 Å². The molecule has 3 heterocycles. The quantitative estimate of drug-likeness (QED) is 0.369. The number of halogens is 6. The number of nitrogens with zero attached hydrogens (tertiary/aromatic N) is 3. The molecule has 1 saturated heterocycles. The Morgan fingerprint density at radius 2 is 1.92 bits per heavy atom. The van der Waals surface area contributed by atoms with E-state index in [0.29, 0.717) is 0 Å². The maximum absolute atomic E-state index is 14.0. The Hall–Kier alpha value is -3.06. The van der Waals surface area contributed by atoms with Gasteiger partial charge in [0.15, 0.2) is 0 Å². The molecule has 1 aliphatic rings. The number of pyridine rings is 2. The van der Waals surface area contributed by atoms with Crippen LogP contribution in [-0.4, -0.2) is 45.4 Å². The Morgan fingerprint density at radius 3 is 2.59 bits per heavy atom. The van der Waals surface area contributed by atoms with Crippen molar-refractivity contribution in [2.75, 3.05) is 29.6 Å². The highest BCUT2D eigenvalue weighted by atomic mass is 35.5. The number of nitrogens with one attached hydrogen (secondary N) is 2. The van der Waals surface area contributed by atoms with Gasteiger partial charge in [-0.3, -0.25) is 4.79 Å². The maximum atomic E-state index is 14.0. The second-order valence-electron chi connectivity index (χ2n) is 8.76. The molecule has 0 saturated carbocycles. The first kappa shape index (κ1) is 27.0. The molecule has 0 aliphatic carbocycles. The summed E-state index contributed by atoms with van der Waals surface area (Å²) in [4.78, 5) is 23.0.